The number of hydrogen-bond acceptors (Lipinski definition) is 4. The molecule has 0 saturated heterocycles. The summed E-state index contributed by atoms with van der Waals surface area (Å²) in [5.74, 6) is -0.666. The van der Waals surface area contributed by atoms with Gasteiger partial charge in [-0.25, -0.2) is 4.39 Å². The van der Waals surface area contributed by atoms with Gasteiger partial charge in [0.1, 0.15) is 17.6 Å². The van der Waals surface area contributed by atoms with Gasteiger partial charge in [0.15, 0.2) is 0 Å². The monoisotopic (exact) mass is 394 g/mol. The Labute approximate surface area is 171 Å². The summed E-state index contributed by atoms with van der Waals surface area (Å²) in [6.45, 7) is 2.20. The van der Waals surface area contributed by atoms with Crippen molar-refractivity contribution in [2.75, 3.05) is 0 Å². The Hall–Kier alpha value is -2.74. The lowest BCUT2D eigenvalue weighted by Crippen LogP contribution is -2.25. The van der Waals surface area contributed by atoms with Gasteiger partial charge in [-0.2, -0.15) is 5.26 Å². The van der Waals surface area contributed by atoms with E-state index in [1.807, 2.05) is 6.20 Å². The van der Waals surface area contributed by atoms with Crippen molar-refractivity contribution in [2.24, 2.45) is 5.92 Å². The summed E-state index contributed by atoms with van der Waals surface area (Å²) in [7, 11) is 0. The molecule has 1 aliphatic carbocycles. The van der Waals surface area contributed by atoms with Crippen molar-refractivity contribution >= 4 is 5.97 Å². The van der Waals surface area contributed by atoms with Gasteiger partial charge >= 0.3 is 5.97 Å². The lowest BCUT2D eigenvalue weighted by molar-refractivity contribution is -0.140. The van der Waals surface area contributed by atoms with Crippen LogP contribution >= 0.6 is 0 Å². The number of pyridine rings is 1. The first-order chi connectivity index (χ1) is 14.1. The second-order valence-corrected chi connectivity index (χ2v) is 7.77. The van der Waals surface area contributed by atoms with E-state index in [0.29, 0.717) is 5.92 Å². The Morgan fingerprint density at radius 2 is 2.00 bits per heavy atom. The Kier molecular flexibility index (Phi) is 7.35. The Morgan fingerprint density at radius 3 is 2.62 bits per heavy atom. The molecule has 0 N–H and O–H groups in total. The van der Waals surface area contributed by atoms with Crippen LogP contribution in [0.25, 0.3) is 0 Å². The summed E-state index contributed by atoms with van der Waals surface area (Å²) in [4.78, 5) is 17.1. The number of ether oxygens (including phenoxy) is 1. The van der Waals surface area contributed by atoms with Crippen LogP contribution < -0.4 is 4.74 Å². The van der Waals surface area contributed by atoms with Crippen LogP contribution in [0.2, 0.25) is 0 Å². The van der Waals surface area contributed by atoms with Gasteiger partial charge in [0.05, 0.1) is 11.5 Å². The SMILES string of the molecule is CCCCCc1ccc(C2CCC(C(=O)Oc3ccc(C#N)c(F)c3)CC2)nc1. The van der Waals surface area contributed by atoms with Gasteiger partial charge < -0.3 is 4.74 Å². The van der Waals surface area contributed by atoms with Crippen molar-refractivity contribution in [3.8, 4) is 11.8 Å². The standard InChI is InChI=1S/C24H27FN2O2/c1-2-3-4-5-17-6-13-23(27-16-17)18-7-9-19(10-8-18)24(28)29-21-12-11-20(15-26)22(25)14-21/h6,11-14,16,18-19H,2-5,7-10H2,1H3. The van der Waals surface area contributed by atoms with Gasteiger partial charge in [-0.3, -0.25) is 9.78 Å². The third-order valence-electron chi connectivity index (χ3n) is 5.67. The number of carbonyl (C=O) groups is 1. The predicted molar refractivity (Wildman–Crippen MR) is 109 cm³/mol. The molecule has 1 aromatic heterocycles. The zero-order chi connectivity index (χ0) is 20.6. The third-order valence-corrected chi connectivity index (χ3v) is 5.67. The van der Waals surface area contributed by atoms with Crippen molar-refractivity contribution in [2.45, 2.75) is 64.2 Å². The minimum atomic E-state index is -0.675. The fourth-order valence-electron chi connectivity index (χ4n) is 3.88. The first-order valence-corrected chi connectivity index (χ1v) is 10.5. The lowest BCUT2D eigenvalue weighted by atomic mass is 9.80. The van der Waals surface area contributed by atoms with E-state index in [1.165, 1.54) is 37.0 Å². The third kappa shape index (κ3) is 5.63. The number of benzene rings is 1. The number of esters is 1. The molecule has 1 fully saturated rings. The number of aryl methyl sites for hydroxylation is 1. The Balaban J connectivity index is 1.50. The highest BCUT2D eigenvalue weighted by Crippen LogP contribution is 2.35. The van der Waals surface area contributed by atoms with Crippen LogP contribution in [0.4, 0.5) is 4.39 Å². The van der Waals surface area contributed by atoms with Gasteiger partial charge in [0.2, 0.25) is 0 Å². The number of unbranched alkanes of at least 4 members (excludes halogenated alkanes) is 2. The van der Waals surface area contributed by atoms with E-state index in [2.05, 4.69) is 24.0 Å². The highest BCUT2D eigenvalue weighted by molar-refractivity contribution is 5.75. The second-order valence-electron chi connectivity index (χ2n) is 7.77. The maximum Gasteiger partial charge on any atom is 0.314 e. The van der Waals surface area contributed by atoms with Crippen LogP contribution in [0.1, 0.15) is 74.6 Å². The summed E-state index contributed by atoms with van der Waals surface area (Å²) in [5.41, 5.74) is 2.33. The van der Waals surface area contributed by atoms with Gasteiger partial charge in [-0.1, -0.05) is 25.8 Å². The van der Waals surface area contributed by atoms with Crippen LogP contribution in [-0.2, 0) is 11.2 Å². The smallest absolute Gasteiger partial charge is 0.314 e. The fourth-order valence-corrected chi connectivity index (χ4v) is 3.88. The zero-order valence-electron chi connectivity index (χ0n) is 16.9. The van der Waals surface area contributed by atoms with E-state index >= 15 is 0 Å². The number of halogens is 1. The molecular formula is C24H27FN2O2. The van der Waals surface area contributed by atoms with Crippen LogP contribution in [0.15, 0.2) is 36.5 Å². The van der Waals surface area contributed by atoms with Gasteiger partial charge in [-0.05, 0) is 62.3 Å². The van der Waals surface area contributed by atoms with Crippen molar-refractivity contribution in [1.29, 1.82) is 5.26 Å². The molecule has 0 atom stereocenters. The molecule has 4 nitrogen and oxygen atoms in total. The van der Waals surface area contributed by atoms with Gasteiger partial charge in [-0.15, -0.1) is 0 Å². The number of hydrogen-bond donors (Lipinski definition) is 0. The fraction of sp³-hybridized carbons (Fsp3) is 0.458. The highest BCUT2D eigenvalue weighted by Gasteiger charge is 2.29. The highest BCUT2D eigenvalue weighted by atomic mass is 19.1. The maximum absolute atomic E-state index is 13.7. The first kappa shape index (κ1) is 21.0. The van der Waals surface area contributed by atoms with E-state index in [9.17, 15) is 9.18 Å². The van der Waals surface area contributed by atoms with Crippen molar-refractivity contribution in [1.82, 2.24) is 4.98 Å². The molecule has 0 radical (unpaired) electrons. The molecule has 0 unspecified atom stereocenters. The number of nitrogens with zero attached hydrogens (tertiary/aromatic N) is 2. The zero-order valence-corrected chi connectivity index (χ0v) is 16.9. The van der Waals surface area contributed by atoms with Crippen molar-refractivity contribution < 1.29 is 13.9 Å². The number of carbonyl (C=O) groups excluding carboxylic acids is 1. The Bertz CT molecular complexity index is 865. The van der Waals surface area contributed by atoms with Crippen LogP contribution in [-0.4, -0.2) is 11.0 Å². The molecule has 1 aliphatic rings. The number of nitriles is 1. The molecule has 0 aliphatic heterocycles. The summed E-state index contributed by atoms with van der Waals surface area (Å²) in [5, 5.41) is 8.77. The summed E-state index contributed by atoms with van der Waals surface area (Å²) in [6.07, 6.45) is 10.0. The van der Waals surface area contributed by atoms with Crippen LogP contribution in [0.5, 0.6) is 5.75 Å². The summed E-state index contributed by atoms with van der Waals surface area (Å²) < 4.78 is 19.0. The van der Waals surface area contributed by atoms with Gasteiger partial charge in [0, 0.05) is 23.9 Å². The van der Waals surface area contributed by atoms with E-state index in [4.69, 9.17) is 10.00 Å². The normalized spacial score (nSPS) is 18.8. The molecule has 152 valence electrons. The van der Waals surface area contributed by atoms with E-state index < -0.39 is 5.82 Å². The largest absolute Gasteiger partial charge is 0.426 e. The molecule has 1 aromatic carbocycles. The minimum Gasteiger partial charge on any atom is -0.426 e. The van der Waals surface area contributed by atoms with Crippen molar-refractivity contribution in [3.63, 3.8) is 0 Å². The topological polar surface area (TPSA) is 63.0 Å². The predicted octanol–water partition coefficient (Wildman–Crippen LogP) is 5.70. The molecular weight excluding hydrogens is 367 g/mol. The summed E-state index contributed by atoms with van der Waals surface area (Å²) >= 11 is 0. The average molecular weight is 394 g/mol. The van der Waals surface area contributed by atoms with Crippen LogP contribution in [0.3, 0.4) is 0 Å². The molecule has 29 heavy (non-hydrogen) atoms. The Morgan fingerprint density at radius 1 is 1.21 bits per heavy atom. The molecule has 0 bridgehead atoms. The van der Waals surface area contributed by atoms with Crippen LogP contribution in [0, 0.1) is 23.1 Å². The van der Waals surface area contributed by atoms with Crippen molar-refractivity contribution in [3.05, 3.63) is 59.2 Å². The van der Waals surface area contributed by atoms with E-state index in [-0.39, 0.29) is 23.2 Å². The molecule has 0 spiro atoms. The lowest BCUT2D eigenvalue weighted by Gasteiger charge is -2.27. The second kappa shape index (κ2) is 10.2. The molecule has 2 aromatic rings. The average Bonchev–Trinajstić information content (AvgIpc) is 2.75. The molecule has 1 saturated carbocycles. The molecule has 5 heteroatoms. The van der Waals surface area contributed by atoms with E-state index in [0.717, 1.165) is 43.9 Å². The molecule has 0 amide bonds. The summed E-state index contributed by atoms with van der Waals surface area (Å²) in [6, 6.07) is 9.93. The van der Waals surface area contributed by atoms with E-state index in [1.54, 1.807) is 6.07 Å². The van der Waals surface area contributed by atoms with Gasteiger partial charge in [0.25, 0.3) is 0 Å². The number of rotatable bonds is 7. The molecule has 3 rings (SSSR count). The minimum absolute atomic E-state index is 0.0609. The first-order valence-electron chi connectivity index (χ1n) is 10.5. The molecule has 1 heterocycles. The maximum atomic E-state index is 13.7. The quantitative estimate of drug-likeness (QED) is 0.343. The number of aromatic nitrogens is 1.